The zero-order valence-electron chi connectivity index (χ0n) is 15.1. The van der Waals surface area contributed by atoms with Crippen molar-refractivity contribution < 1.29 is 14.3 Å². The first-order chi connectivity index (χ1) is 13.1. The van der Waals surface area contributed by atoms with Gasteiger partial charge in [0, 0.05) is 32.4 Å². The predicted octanol–water partition coefficient (Wildman–Crippen LogP) is 4.86. The summed E-state index contributed by atoms with van der Waals surface area (Å²) in [6.07, 6.45) is 5.09. The van der Waals surface area contributed by atoms with Gasteiger partial charge in [0.1, 0.15) is 0 Å². The molecule has 2 bridgehead atoms. The fourth-order valence-electron chi connectivity index (χ4n) is 4.48. The summed E-state index contributed by atoms with van der Waals surface area (Å²) in [6.45, 7) is 5.51. The molecule has 3 unspecified atom stereocenters. The molecule has 3 aliphatic rings. The highest BCUT2D eigenvalue weighted by Crippen LogP contribution is 2.57. The summed E-state index contributed by atoms with van der Waals surface area (Å²) in [5.41, 5.74) is 1.61. The highest BCUT2D eigenvalue weighted by Gasteiger charge is 2.57. The van der Waals surface area contributed by atoms with Crippen molar-refractivity contribution in [1.29, 1.82) is 0 Å². The Morgan fingerprint density at radius 1 is 1.11 bits per heavy atom. The van der Waals surface area contributed by atoms with Gasteiger partial charge >= 0.3 is 5.97 Å². The van der Waals surface area contributed by atoms with Gasteiger partial charge in [-0.15, -0.1) is 0 Å². The smallest absolute Gasteiger partial charge is 0.334 e. The van der Waals surface area contributed by atoms with E-state index in [1.54, 1.807) is 18.7 Å². The van der Waals surface area contributed by atoms with E-state index in [1.807, 2.05) is 24.3 Å². The largest absolute Gasteiger partial charge is 0.445 e. The van der Waals surface area contributed by atoms with Crippen LogP contribution in [0.15, 0.2) is 82.6 Å². The van der Waals surface area contributed by atoms with E-state index in [4.69, 9.17) is 9.47 Å². The third kappa shape index (κ3) is 2.43. The molecule has 0 saturated carbocycles. The van der Waals surface area contributed by atoms with Crippen molar-refractivity contribution in [3.8, 4) is 0 Å². The third-order valence-corrected chi connectivity index (χ3v) is 6.80. The molecule has 1 fully saturated rings. The third-order valence-electron chi connectivity index (χ3n) is 5.65. The van der Waals surface area contributed by atoms with Crippen LogP contribution in [0.25, 0.3) is 0 Å². The minimum Gasteiger partial charge on any atom is -0.445 e. The SMILES string of the molecule is C=C(C)C(=O)OC1(C2CC3C=CC2O3)c2ccccc2Sc2ccccc21. The molecule has 3 nitrogen and oxygen atoms in total. The second-order valence-corrected chi connectivity index (χ2v) is 8.45. The second-order valence-electron chi connectivity index (χ2n) is 7.37. The minimum atomic E-state index is -0.876. The maximum Gasteiger partial charge on any atom is 0.334 e. The molecule has 3 heterocycles. The lowest BCUT2D eigenvalue weighted by Crippen LogP contribution is -2.46. The summed E-state index contributed by atoms with van der Waals surface area (Å²) >= 11 is 1.73. The zero-order chi connectivity index (χ0) is 18.6. The molecule has 4 heteroatoms. The van der Waals surface area contributed by atoms with E-state index in [1.165, 1.54) is 0 Å². The van der Waals surface area contributed by atoms with E-state index in [-0.39, 0.29) is 24.1 Å². The molecule has 136 valence electrons. The first-order valence-electron chi connectivity index (χ1n) is 9.19. The van der Waals surface area contributed by atoms with Crippen LogP contribution in [0, 0.1) is 5.92 Å². The molecule has 0 radical (unpaired) electrons. The molecule has 0 spiro atoms. The molecule has 0 amide bonds. The minimum absolute atomic E-state index is 0.0269. The monoisotopic (exact) mass is 376 g/mol. The first-order valence-corrected chi connectivity index (χ1v) is 10.0. The fourth-order valence-corrected chi connectivity index (χ4v) is 5.67. The van der Waals surface area contributed by atoms with Crippen molar-refractivity contribution in [2.45, 2.75) is 40.9 Å². The van der Waals surface area contributed by atoms with Crippen molar-refractivity contribution in [1.82, 2.24) is 0 Å². The van der Waals surface area contributed by atoms with Crippen LogP contribution in [0.1, 0.15) is 24.5 Å². The summed E-state index contributed by atoms with van der Waals surface area (Å²) in [5, 5.41) is 0. The van der Waals surface area contributed by atoms with Gasteiger partial charge in [-0.2, -0.15) is 0 Å². The number of ether oxygens (including phenoxy) is 2. The van der Waals surface area contributed by atoms with E-state index in [0.29, 0.717) is 5.57 Å². The van der Waals surface area contributed by atoms with Crippen LogP contribution in [0.4, 0.5) is 0 Å². The summed E-state index contributed by atoms with van der Waals surface area (Å²) in [5.74, 6) is -0.336. The number of carbonyl (C=O) groups excluding carboxylic acids is 1. The van der Waals surface area contributed by atoms with Gasteiger partial charge in [0.25, 0.3) is 0 Å². The number of esters is 1. The normalized spacial score (nSPS) is 26.3. The van der Waals surface area contributed by atoms with Gasteiger partial charge in [-0.05, 0) is 25.5 Å². The van der Waals surface area contributed by atoms with Crippen LogP contribution in [0.3, 0.4) is 0 Å². The van der Waals surface area contributed by atoms with E-state index >= 15 is 0 Å². The Labute approximate surface area is 163 Å². The number of carbonyl (C=O) groups is 1. The van der Waals surface area contributed by atoms with E-state index < -0.39 is 5.60 Å². The molecule has 0 aromatic heterocycles. The van der Waals surface area contributed by atoms with Gasteiger partial charge in [-0.1, -0.05) is 66.9 Å². The van der Waals surface area contributed by atoms with Crippen molar-refractivity contribution in [3.63, 3.8) is 0 Å². The Balaban J connectivity index is 1.78. The van der Waals surface area contributed by atoms with Crippen molar-refractivity contribution in [2.75, 3.05) is 0 Å². The topological polar surface area (TPSA) is 35.5 Å². The molecule has 2 aromatic carbocycles. The van der Waals surface area contributed by atoms with Crippen LogP contribution in [0.2, 0.25) is 0 Å². The van der Waals surface area contributed by atoms with Crippen molar-refractivity contribution in [3.05, 3.63) is 84.0 Å². The molecule has 0 aliphatic carbocycles. The molecular weight excluding hydrogens is 356 g/mol. The molecule has 0 N–H and O–H groups in total. The van der Waals surface area contributed by atoms with Crippen LogP contribution in [0.5, 0.6) is 0 Å². The lowest BCUT2D eigenvalue weighted by molar-refractivity contribution is -0.159. The quantitative estimate of drug-likeness (QED) is 0.435. The van der Waals surface area contributed by atoms with Crippen LogP contribution >= 0.6 is 11.8 Å². The average molecular weight is 376 g/mol. The van der Waals surface area contributed by atoms with Gasteiger partial charge in [0.2, 0.25) is 0 Å². The van der Waals surface area contributed by atoms with E-state index in [9.17, 15) is 4.79 Å². The lowest BCUT2D eigenvalue weighted by Gasteiger charge is -2.45. The van der Waals surface area contributed by atoms with Crippen LogP contribution in [-0.4, -0.2) is 18.2 Å². The van der Waals surface area contributed by atoms with Crippen molar-refractivity contribution >= 4 is 17.7 Å². The van der Waals surface area contributed by atoms with Gasteiger partial charge in [0.05, 0.1) is 12.2 Å². The van der Waals surface area contributed by atoms with Gasteiger partial charge in [-0.3, -0.25) is 0 Å². The van der Waals surface area contributed by atoms with Gasteiger partial charge < -0.3 is 9.47 Å². The Kier molecular flexibility index (Phi) is 3.81. The number of hydrogen-bond donors (Lipinski definition) is 0. The average Bonchev–Trinajstić information content (AvgIpc) is 3.31. The number of fused-ring (bicyclic) bond motifs is 4. The maximum atomic E-state index is 12.8. The fraction of sp³-hybridized carbons (Fsp3) is 0.261. The first kappa shape index (κ1) is 16.8. The Hall–Kier alpha value is -2.30. The molecule has 1 saturated heterocycles. The van der Waals surface area contributed by atoms with Gasteiger partial charge in [0.15, 0.2) is 5.60 Å². The van der Waals surface area contributed by atoms with Crippen LogP contribution in [-0.2, 0) is 19.9 Å². The van der Waals surface area contributed by atoms with Crippen LogP contribution < -0.4 is 0 Å². The standard InChI is InChI=1S/C23H20O3S/c1-14(2)22(24)26-23(18-13-15-11-12-19(18)25-15)16-7-3-5-9-20(16)27-21-10-6-4-8-17(21)23/h3-12,15,18-19H,1,13H2,2H3. The van der Waals surface area contributed by atoms with E-state index in [2.05, 4.69) is 43.0 Å². The van der Waals surface area contributed by atoms with Crippen molar-refractivity contribution in [2.24, 2.45) is 5.92 Å². The molecule has 3 aliphatic heterocycles. The predicted molar refractivity (Wildman–Crippen MR) is 105 cm³/mol. The molecule has 3 atom stereocenters. The lowest BCUT2D eigenvalue weighted by atomic mass is 9.70. The number of benzene rings is 2. The Morgan fingerprint density at radius 2 is 1.74 bits per heavy atom. The summed E-state index contributed by atoms with van der Waals surface area (Å²) in [6, 6.07) is 16.5. The highest BCUT2D eigenvalue weighted by atomic mass is 32.2. The van der Waals surface area contributed by atoms with E-state index in [0.717, 1.165) is 27.3 Å². The van der Waals surface area contributed by atoms with Gasteiger partial charge in [-0.25, -0.2) is 4.79 Å². The summed E-state index contributed by atoms with van der Waals surface area (Å²) in [4.78, 5) is 15.1. The number of rotatable bonds is 3. The maximum absolute atomic E-state index is 12.8. The zero-order valence-corrected chi connectivity index (χ0v) is 15.9. The Morgan fingerprint density at radius 3 is 2.26 bits per heavy atom. The second kappa shape index (κ2) is 6.11. The molecule has 27 heavy (non-hydrogen) atoms. The highest BCUT2D eigenvalue weighted by molar-refractivity contribution is 7.99. The molecule has 5 rings (SSSR count). The summed E-state index contributed by atoms with van der Waals surface area (Å²) < 4.78 is 12.5. The summed E-state index contributed by atoms with van der Waals surface area (Å²) in [7, 11) is 0. The Bertz CT molecular complexity index is 932. The number of hydrogen-bond acceptors (Lipinski definition) is 4. The molecule has 2 aromatic rings. The molecular formula is C23H20O3S.